The number of ether oxygens (including phenoxy) is 1. The number of rotatable bonds is 5. The van der Waals surface area contributed by atoms with Crippen molar-refractivity contribution in [2.45, 2.75) is 0 Å². The summed E-state index contributed by atoms with van der Waals surface area (Å²) in [6.45, 7) is -0.123. The van der Waals surface area contributed by atoms with E-state index in [2.05, 4.69) is 10.4 Å². The zero-order chi connectivity index (χ0) is 17.0. The van der Waals surface area contributed by atoms with E-state index in [1.165, 1.54) is 23.7 Å². The van der Waals surface area contributed by atoms with Gasteiger partial charge in [0.05, 0.1) is 24.4 Å². The third kappa shape index (κ3) is 4.01. The molecule has 0 atom stereocenters. The van der Waals surface area contributed by atoms with Gasteiger partial charge in [-0.25, -0.2) is 0 Å². The SMILES string of the molecule is COc1nn(C)cc1C(=O)N(C)CC(=O)Nc1ccccc1Cl. The predicted molar refractivity (Wildman–Crippen MR) is 86.8 cm³/mol. The number of hydrogen-bond acceptors (Lipinski definition) is 4. The van der Waals surface area contributed by atoms with E-state index in [4.69, 9.17) is 16.3 Å². The molecule has 1 heterocycles. The summed E-state index contributed by atoms with van der Waals surface area (Å²) < 4.78 is 6.53. The normalized spacial score (nSPS) is 10.3. The second-order valence-corrected chi connectivity index (χ2v) is 5.32. The van der Waals surface area contributed by atoms with Crippen molar-refractivity contribution >= 4 is 29.1 Å². The van der Waals surface area contributed by atoms with Crippen molar-refractivity contribution in [3.8, 4) is 5.88 Å². The molecule has 2 aromatic rings. The van der Waals surface area contributed by atoms with Gasteiger partial charge in [0.1, 0.15) is 5.56 Å². The monoisotopic (exact) mass is 336 g/mol. The molecule has 7 nitrogen and oxygen atoms in total. The van der Waals surface area contributed by atoms with Gasteiger partial charge in [-0.3, -0.25) is 14.3 Å². The van der Waals surface area contributed by atoms with Gasteiger partial charge in [0.2, 0.25) is 11.8 Å². The highest BCUT2D eigenvalue weighted by atomic mass is 35.5. The second kappa shape index (κ2) is 7.15. The Bertz CT molecular complexity index is 729. The molecule has 0 saturated heterocycles. The highest BCUT2D eigenvalue weighted by Gasteiger charge is 2.21. The number of nitrogens with one attached hydrogen (secondary N) is 1. The molecule has 2 amide bonds. The summed E-state index contributed by atoms with van der Waals surface area (Å²) in [6.07, 6.45) is 1.55. The first-order chi connectivity index (χ1) is 10.9. The minimum atomic E-state index is -0.357. The number of aromatic nitrogens is 2. The maximum Gasteiger partial charge on any atom is 0.261 e. The molecular weight excluding hydrogens is 320 g/mol. The number of amides is 2. The molecule has 0 aliphatic rings. The number of benzene rings is 1. The first-order valence-corrected chi connectivity index (χ1v) is 7.17. The van der Waals surface area contributed by atoms with Crippen molar-refractivity contribution in [1.29, 1.82) is 0 Å². The molecule has 0 aliphatic heterocycles. The van der Waals surface area contributed by atoms with Gasteiger partial charge in [0.25, 0.3) is 5.91 Å². The van der Waals surface area contributed by atoms with Crippen LogP contribution in [0.2, 0.25) is 5.02 Å². The van der Waals surface area contributed by atoms with Crippen molar-refractivity contribution in [2.24, 2.45) is 7.05 Å². The first-order valence-electron chi connectivity index (χ1n) is 6.80. The Morgan fingerprint density at radius 2 is 2.09 bits per heavy atom. The summed E-state index contributed by atoms with van der Waals surface area (Å²) >= 11 is 5.98. The van der Waals surface area contributed by atoms with Crippen LogP contribution >= 0.6 is 11.6 Å². The van der Waals surface area contributed by atoms with Crippen LogP contribution in [0.1, 0.15) is 10.4 Å². The van der Waals surface area contributed by atoms with Crippen LogP contribution in [0.15, 0.2) is 30.5 Å². The summed E-state index contributed by atoms with van der Waals surface area (Å²) in [7, 11) is 4.65. The molecule has 0 radical (unpaired) electrons. The molecule has 0 spiro atoms. The maximum atomic E-state index is 12.4. The van der Waals surface area contributed by atoms with E-state index < -0.39 is 0 Å². The van der Waals surface area contributed by atoms with Crippen molar-refractivity contribution in [3.05, 3.63) is 41.0 Å². The van der Waals surface area contributed by atoms with E-state index in [-0.39, 0.29) is 24.2 Å². The molecule has 0 unspecified atom stereocenters. The summed E-state index contributed by atoms with van der Waals surface area (Å²) in [5.74, 6) is -0.489. The minimum Gasteiger partial charge on any atom is -0.479 e. The fourth-order valence-electron chi connectivity index (χ4n) is 2.01. The van der Waals surface area contributed by atoms with Gasteiger partial charge in [-0.15, -0.1) is 5.10 Å². The molecule has 0 fully saturated rings. The molecule has 1 N–H and O–H groups in total. The summed E-state index contributed by atoms with van der Waals surface area (Å²) in [6, 6.07) is 6.89. The van der Waals surface area contributed by atoms with Crippen LogP contribution in [0, 0.1) is 0 Å². The molecule has 0 bridgehead atoms. The van der Waals surface area contributed by atoms with Crippen LogP contribution < -0.4 is 10.1 Å². The molecule has 122 valence electrons. The van der Waals surface area contributed by atoms with E-state index in [1.807, 2.05) is 0 Å². The molecule has 1 aromatic heterocycles. The third-order valence-corrected chi connectivity index (χ3v) is 3.42. The van der Waals surface area contributed by atoms with E-state index in [0.29, 0.717) is 16.3 Å². The van der Waals surface area contributed by atoms with E-state index >= 15 is 0 Å². The molecule has 0 saturated carbocycles. The van der Waals surface area contributed by atoms with E-state index in [0.717, 1.165) is 0 Å². The number of likely N-dealkylation sites (N-methyl/N-ethyl adjacent to an activating group) is 1. The number of carbonyl (C=O) groups is 2. The summed E-state index contributed by atoms with van der Waals surface area (Å²) in [5.41, 5.74) is 0.794. The number of anilines is 1. The Morgan fingerprint density at radius 3 is 2.74 bits per heavy atom. The topological polar surface area (TPSA) is 76.5 Å². The Balaban J connectivity index is 2.03. The highest BCUT2D eigenvalue weighted by Crippen LogP contribution is 2.20. The predicted octanol–water partition coefficient (Wildman–Crippen LogP) is 1.79. The molecule has 23 heavy (non-hydrogen) atoms. The summed E-state index contributed by atoms with van der Waals surface area (Å²) in [5, 5.41) is 7.12. The number of hydrogen-bond donors (Lipinski definition) is 1. The fourth-order valence-corrected chi connectivity index (χ4v) is 2.19. The summed E-state index contributed by atoms with van der Waals surface area (Å²) in [4.78, 5) is 25.7. The van der Waals surface area contributed by atoms with Crippen LogP contribution in [0.5, 0.6) is 5.88 Å². The van der Waals surface area contributed by atoms with Crippen molar-refractivity contribution < 1.29 is 14.3 Å². The highest BCUT2D eigenvalue weighted by molar-refractivity contribution is 6.33. The number of nitrogens with zero attached hydrogens (tertiary/aromatic N) is 3. The smallest absolute Gasteiger partial charge is 0.261 e. The zero-order valence-corrected chi connectivity index (χ0v) is 13.8. The quantitative estimate of drug-likeness (QED) is 0.903. The molecule has 8 heteroatoms. The van der Waals surface area contributed by atoms with Crippen LogP contribution in [-0.2, 0) is 11.8 Å². The molecule has 0 aliphatic carbocycles. The van der Waals surface area contributed by atoms with Gasteiger partial charge in [0, 0.05) is 20.3 Å². The van der Waals surface area contributed by atoms with Gasteiger partial charge in [-0.05, 0) is 12.1 Å². The fraction of sp³-hybridized carbons (Fsp3) is 0.267. The minimum absolute atomic E-state index is 0.123. The molecule has 1 aromatic carbocycles. The second-order valence-electron chi connectivity index (χ2n) is 4.91. The van der Waals surface area contributed by atoms with Crippen molar-refractivity contribution in [1.82, 2.24) is 14.7 Å². The van der Waals surface area contributed by atoms with Gasteiger partial charge >= 0.3 is 0 Å². The lowest BCUT2D eigenvalue weighted by molar-refractivity contribution is -0.116. The number of halogens is 1. The largest absolute Gasteiger partial charge is 0.479 e. The van der Waals surface area contributed by atoms with E-state index in [1.54, 1.807) is 37.5 Å². The lowest BCUT2D eigenvalue weighted by Gasteiger charge is -2.16. The Labute approximate surface area is 138 Å². The van der Waals surface area contributed by atoms with E-state index in [9.17, 15) is 9.59 Å². The zero-order valence-electron chi connectivity index (χ0n) is 13.0. The molecular formula is C15H17ClN4O3. The van der Waals surface area contributed by atoms with Crippen molar-refractivity contribution in [3.63, 3.8) is 0 Å². The number of aryl methyl sites for hydroxylation is 1. The number of carbonyl (C=O) groups excluding carboxylic acids is 2. The Hall–Kier alpha value is -2.54. The maximum absolute atomic E-state index is 12.4. The average molecular weight is 337 g/mol. The first kappa shape index (κ1) is 16.8. The number of para-hydroxylation sites is 1. The Morgan fingerprint density at radius 1 is 1.39 bits per heavy atom. The van der Waals surface area contributed by atoms with Crippen molar-refractivity contribution in [2.75, 3.05) is 26.0 Å². The van der Waals surface area contributed by atoms with Gasteiger partial charge in [-0.2, -0.15) is 0 Å². The van der Waals surface area contributed by atoms with Gasteiger partial charge < -0.3 is 15.0 Å². The molecule has 2 rings (SSSR count). The van der Waals surface area contributed by atoms with Crippen LogP contribution in [0.3, 0.4) is 0 Å². The van der Waals surface area contributed by atoms with Crippen LogP contribution in [-0.4, -0.2) is 47.2 Å². The standard InChI is InChI=1S/C15H17ClN4O3/c1-19(15(22)10-8-20(2)18-14(10)23-3)9-13(21)17-12-7-5-4-6-11(12)16/h4-8H,9H2,1-3H3,(H,17,21). The number of methoxy groups -OCH3 is 1. The average Bonchev–Trinajstić information content (AvgIpc) is 2.89. The lowest BCUT2D eigenvalue weighted by Crippen LogP contribution is -2.35. The Kier molecular flexibility index (Phi) is 5.23. The van der Waals surface area contributed by atoms with Gasteiger partial charge in [-0.1, -0.05) is 23.7 Å². The van der Waals surface area contributed by atoms with Crippen LogP contribution in [0.4, 0.5) is 5.69 Å². The van der Waals surface area contributed by atoms with Gasteiger partial charge in [0.15, 0.2) is 0 Å². The lowest BCUT2D eigenvalue weighted by atomic mass is 10.3. The third-order valence-electron chi connectivity index (χ3n) is 3.09. The van der Waals surface area contributed by atoms with Crippen LogP contribution in [0.25, 0.3) is 0 Å².